The minimum atomic E-state index is -0.993. The second kappa shape index (κ2) is 6.32. The summed E-state index contributed by atoms with van der Waals surface area (Å²) in [4.78, 5) is 25.5. The molecule has 0 aliphatic carbocycles. The molecule has 0 bridgehead atoms. The third kappa shape index (κ3) is 2.65. The van der Waals surface area contributed by atoms with Gasteiger partial charge in [-0.25, -0.2) is 9.48 Å². The van der Waals surface area contributed by atoms with Crippen LogP contribution in [0.5, 0.6) is 11.5 Å². The van der Waals surface area contributed by atoms with E-state index >= 15 is 0 Å². The van der Waals surface area contributed by atoms with Crippen LogP contribution in [0.2, 0.25) is 0 Å². The standard InChI is InChI=1S/C17H18N4O5/c1-10-15(16(22)20-6-2-3-12(20)17(23)24)18-19-21(10)11-4-5-13-14(9-11)26-8-7-25-13/h4-5,9,12H,2-3,6-8H2,1H3,(H,23,24). The smallest absolute Gasteiger partial charge is 0.326 e. The molecule has 26 heavy (non-hydrogen) atoms. The number of amides is 1. The molecular weight excluding hydrogens is 340 g/mol. The van der Waals surface area contributed by atoms with Crippen LogP contribution in [0.25, 0.3) is 5.69 Å². The molecule has 1 aromatic carbocycles. The monoisotopic (exact) mass is 358 g/mol. The summed E-state index contributed by atoms with van der Waals surface area (Å²) < 4.78 is 12.6. The molecule has 3 heterocycles. The fourth-order valence-electron chi connectivity index (χ4n) is 3.34. The van der Waals surface area contributed by atoms with Crippen LogP contribution in [-0.2, 0) is 4.79 Å². The Bertz CT molecular complexity index is 878. The molecule has 1 unspecified atom stereocenters. The highest BCUT2D eigenvalue weighted by Gasteiger charge is 2.36. The van der Waals surface area contributed by atoms with E-state index in [2.05, 4.69) is 10.3 Å². The lowest BCUT2D eigenvalue weighted by Crippen LogP contribution is -2.40. The Labute approximate surface area is 149 Å². The number of carboxylic acid groups (broad SMARTS) is 1. The summed E-state index contributed by atoms with van der Waals surface area (Å²) in [6.45, 7) is 3.12. The highest BCUT2D eigenvalue weighted by Crippen LogP contribution is 2.32. The van der Waals surface area contributed by atoms with E-state index in [1.165, 1.54) is 9.58 Å². The molecular formula is C17H18N4O5. The van der Waals surface area contributed by atoms with Crippen LogP contribution < -0.4 is 9.47 Å². The molecule has 1 saturated heterocycles. The van der Waals surface area contributed by atoms with Crippen molar-refractivity contribution in [1.29, 1.82) is 0 Å². The molecule has 4 rings (SSSR count). The van der Waals surface area contributed by atoms with Gasteiger partial charge in [0.1, 0.15) is 19.3 Å². The van der Waals surface area contributed by atoms with Crippen molar-refractivity contribution >= 4 is 11.9 Å². The number of hydrogen-bond donors (Lipinski definition) is 1. The highest BCUT2D eigenvalue weighted by molar-refractivity contribution is 5.96. The lowest BCUT2D eigenvalue weighted by atomic mass is 10.2. The number of aliphatic carboxylic acids is 1. The molecule has 1 amide bonds. The van der Waals surface area contributed by atoms with Crippen molar-refractivity contribution in [3.05, 3.63) is 29.6 Å². The minimum absolute atomic E-state index is 0.160. The first-order valence-electron chi connectivity index (χ1n) is 8.42. The van der Waals surface area contributed by atoms with Crippen molar-refractivity contribution in [2.24, 2.45) is 0 Å². The summed E-state index contributed by atoms with van der Waals surface area (Å²) >= 11 is 0. The molecule has 2 aliphatic rings. The minimum Gasteiger partial charge on any atom is -0.486 e. The van der Waals surface area contributed by atoms with E-state index in [9.17, 15) is 14.7 Å². The summed E-state index contributed by atoms with van der Waals surface area (Å²) in [7, 11) is 0. The van der Waals surface area contributed by atoms with Crippen molar-refractivity contribution in [3.63, 3.8) is 0 Å². The number of ether oxygens (including phenoxy) is 2. The first-order chi connectivity index (χ1) is 12.6. The number of carbonyl (C=O) groups excluding carboxylic acids is 1. The molecule has 136 valence electrons. The third-order valence-corrected chi connectivity index (χ3v) is 4.67. The van der Waals surface area contributed by atoms with Gasteiger partial charge in [-0.05, 0) is 31.9 Å². The topological polar surface area (TPSA) is 107 Å². The zero-order chi connectivity index (χ0) is 18.3. The molecule has 1 atom stereocenters. The van der Waals surface area contributed by atoms with Crippen LogP contribution in [0, 0.1) is 6.92 Å². The van der Waals surface area contributed by atoms with Crippen LogP contribution in [-0.4, -0.2) is 62.7 Å². The maximum atomic E-state index is 12.8. The van der Waals surface area contributed by atoms with Gasteiger partial charge in [0.15, 0.2) is 17.2 Å². The predicted octanol–water partition coefficient (Wildman–Crippen LogP) is 1.04. The fraction of sp³-hybridized carbons (Fsp3) is 0.412. The summed E-state index contributed by atoms with van der Waals surface area (Å²) in [6.07, 6.45) is 1.12. The van der Waals surface area contributed by atoms with Gasteiger partial charge in [0.25, 0.3) is 5.91 Å². The Morgan fingerprint density at radius 1 is 1.23 bits per heavy atom. The van der Waals surface area contributed by atoms with Crippen LogP contribution >= 0.6 is 0 Å². The molecule has 2 aromatic rings. The number of nitrogens with zero attached hydrogens (tertiary/aromatic N) is 4. The van der Waals surface area contributed by atoms with Crippen LogP contribution in [0.4, 0.5) is 0 Å². The zero-order valence-electron chi connectivity index (χ0n) is 14.2. The van der Waals surface area contributed by atoms with Gasteiger partial charge in [-0.15, -0.1) is 5.10 Å². The quantitative estimate of drug-likeness (QED) is 0.873. The summed E-state index contributed by atoms with van der Waals surface area (Å²) in [5.41, 5.74) is 1.39. The Balaban J connectivity index is 1.64. The van der Waals surface area contributed by atoms with E-state index in [1.807, 2.05) is 0 Å². The van der Waals surface area contributed by atoms with Crippen molar-refractivity contribution in [3.8, 4) is 17.2 Å². The molecule has 1 fully saturated rings. The number of aromatic nitrogens is 3. The average molecular weight is 358 g/mol. The van der Waals surface area contributed by atoms with Gasteiger partial charge < -0.3 is 19.5 Å². The number of benzene rings is 1. The second-order valence-electron chi connectivity index (χ2n) is 6.26. The van der Waals surface area contributed by atoms with Crippen molar-refractivity contribution in [1.82, 2.24) is 19.9 Å². The number of hydrogen-bond acceptors (Lipinski definition) is 6. The largest absolute Gasteiger partial charge is 0.486 e. The van der Waals surface area contributed by atoms with Crippen molar-refractivity contribution in [2.75, 3.05) is 19.8 Å². The zero-order valence-corrected chi connectivity index (χ0v) is 14.2. The maximum Gasteiger partial charge on any atom is 0.326 e. The van der Waals surface area contributed by atoms with Gasteiger partial charge in [0, 0.05) is 12.6 Å². The summed E-state index contributed by atoms with van der Waals surface area (Å²) in [6, 6.07) is 4.56. The van der Waals surface area contributed by atoms with Gasteiger partial charge >= 0.3 is 5.97 Å². The number of carbonyl (C=O) groups is 2. The highest BCUT2D eigenvalue weighted by atomic mass is 16.6. The van der Waals surface area contributed by atoms with E-state index in [0.29, 0.717) is 55.5 Å². The number of likely N-dealkylation sites (tertiary alicyclic amines) is 1. The summed E-state index contributed by atoms with van der Waals surface area (Å²) in [5.74, 6) is -0.124. The van der Waals surface area contributed by atoms with Gasteiger partial charge in [0.05, 0.1) is 11.4 Å². The fourth-order valence-corrected chi connectivity index (χ4v) is 3.34. The summed E-state index contributed by atoms with van der Waals surface area (Å²) in [5, 5.41) is 17.4. The number of rotatable bonds is 3. The van der Waals surface area contributed by atoms with Crippen LogP contribution in [0.15, 0.2) is 18.2 Å². The molecule has 9 heteroatoms. The van der Waals surface area contributed by atoms with Crippen LogP contribution in [0.3, 0.4) is 0 Å². The number of fused-ring (bicyclic) bond motifs is 1. The number of carboxylic acids is 1. The Morgan fingerprint density at radius 2 is 2.00 bits per heavy atom. The van der Waals surface area contributed by atoms with E-state index in [0.717, 1.165) is 0 Å². The Kier molecular flexibility index (Phi) is 3.98. The predicted molar refractivity (Wildman–Crippen MR) is 88.8 cm³/mol. The molecule has 2 aliphatic heterocycles. The van der Waals surface area contributed by atoms with Crippen molar-refractivity contribution in [2.45, 2.75) is 25.8 Å². The van der Waals surface area contributed by atoms with E-state index in [1.54, 1.807) is 25.1 Å². The van der Waals surface area contributed by atoms with Gasteiger partial charge in [-0.1, -0.05) is 5.21 Å². The van der Waals surface area contributed by atoms with Gasteiger partial charge in [0.2, 0.25) is 0 Å². The molecule has 1 N–H and O–H groups in total. The first kappa shape index (κ1) is 16.4. The third-order valence-electron chi connectivity index (χ3n) is 4.67. The van der Waals surface area contributed by atoms with Crippen LogP contribution in [0.1, 0.15) is 29.0 Å². The van der Waals surface area contributed by atoms with Gasteiger partial charge in [-0.3, -0.25) is 4.79 Å². The Hall–Kier alpha value is -3.10. The van der Waals surface area contributed by atoms with E-state index in [-0.39, 0.29) is 5.69 Å². The molecule has 0 radical (unpaired) electrons. The second-order valence-corrected chi connectivity index (χ2v) is 6.26. The lowest BCUT2D eigenvalue weighted by molar-refractivity contribution is -0.141. The first-order valence-corrected chi connectivity index (χ1v) is 8.42. The molecule has 0 spiro atoms. The Morgan fingerprint density at radius 3 is 2.77 bits per heavy atom. The normalized spacial score (nSPS) is 18.8. The lowest BCUT2D eigenvalue weighted by Gasteiger charge is -2.20. The van der Waals surface area contributed by atoms with Crippen molar-refractivity contribution < 1.29 is 24.2 Å². The van der Waals surface area contributed by atoms with E-state index < -0.39 is 17.9 Å². The molecule has 1 aromatic heterocycles. The van der Waals surface area contributed by atoms with Gasteiger partial charge in [-0.2, -0.15) is 0 Å². The molecule has 0 saturated carbocycles. The molecule has 9 nitrogen and oxygen atoms in total. The maximum absolute atomic E-state index is 12.8. The van der Waals surface area contributed by atoms with E-state index in [4.69, 9.17) is 9.47 Å². The SMILES string of the molecule is Cc1c(C(=O)N2CCCC2C(=O)O)nnn1-c1ccc2c(c1)OCCO2. The average Bonchev–Trinajstić information content (AvgIpc) is 3.28.